The molecule has 0 saturated carbocycles. The summed E-state index contributed by atoms with van der Waals surface area (Å²) in [5, 5.41) is 2.55. The highest BCUT2D eigenvalue weighted by Crippen LogP contribution is 2.36. The van der Waals surface area contributed by atoms with Gasteiger partial charge in [-0.25, -0.2) is 14.4 Å². The molecule has 0 aliphatic carbocycles. The number of pyridine rings is 1. The number of piperazine rings is 1. The van der Waals surface area contributed by atoms with Crippen LogP contribution in [0, 0.1) is 5.82 Å². The van der Waals surface area contributed by atoms with Crippen LogP contribution in [0.4, 0.5) is 34.9 Å². The molecule has 2 aliphatic rings. The summed E-state index contributed by atoms with van der Waals surface area (Å²) in [7, 11) is 1.96. The predicted molar refractivity (Wildman–Crippen MR) is 149 cm³/mol. The lowest BCUT2D eigenvalue weighted by molar-refractivity contribution is -0.138. The monoisotopic (exact) mass is 589 g/mol. The van der Waals surface area contributed by atoms with Gasteiger partial charge in [0.2, 0.25) is 11.5 Å². The van der Waals surface area contributed by atoms with E-state index < -0.39 is 34.6 Å². The third-order valence-electron chi connectivity index (χ3n) is 7.55. The molecule has 2 aliphatic heterocycles. The summed E-state index contributed by atoms with van der Waals surface area (Å²) in [6.45, 7) is 7.17. The van der Waals surface area contributed by atoms with Crippen LogP contribution in [-0.2, 0) is 10.9 Å². The van der Waals surface area contributed by atoms with Crippen molar-refractivity contribution in [1.29, 1.82) is 0 Å². The van der Waals surface area contributed by atoms with Crippen LogP contribution in [0.2, 0.25) is 0 Å². The molecule has 4 heterocycles. The second kappa shape index (κ2) is 11.7. The number of anilines is 3. The van der Waals surface area contributed by atoms with E-state index >= 15 is 4.39 Å². The first-order valence-corrected chi connectivity index (χ1v) is 13.5. The number of benzene rings is 1. The fourth-order valence-corrected chi connectivity index (χ4v) is 5.12. The minimum atomic E-state index is -4.95. The van der Waals surface area contributed by atoms with Gasteiger partial charge in [0, 0.05) is 62.8 Å². The summed E-state index contributed by atoms with van der Waals surface area (Å²) in [6, 6.07) is 4.60. The topological polar surface area (TPSA) is 107 Å². The average Bonchev–Trinajstić information content (AvgIpc) is 2.95. The highest BCUT2D eigenvalue weighted by molar-refractivity contribution is 6.07. The van der Waals surface area contributed by atoms with E-state index in [4.69, 9.17) is 4.74 Å². The lowest BCUT2D eigenvalue weighted by Gasteiger charge is -2.39. The molecule has 3 aromatic rings. The van der Waals surface area contributed by atoms with Gasteiger partial charge < -0.3 is 29.7 Å². The van der Waals surface area contributed by atoms with Gasteiger partial charge in [0.25, 0.3) is 5.91 Å². The summed E-state index contributed by atoms with van der Waals surface area (Å²) in [5.41, 5.74) is -2.43. The Morgan fingerprint density at radius 3 is 2.62 bits per heavy atom. The SMILES string of the molecule is C[C@@H]1CN(c2nccc(-c3cc(NC(=O)c4c[nH]c(=O)cc4C(F)(F)F)c(N4CCN(C)[C@H](C)C4)cc3F)n2)CCO1. The summed E-state index contributed by atoms with van der Waals surface area (Å²) >= 11 is 0. The highest BCUT2D eigenvalue weighted by atomic mass is 19.4. The van der Waals surface area contributed by atoms with Crippen molar-refractivity contribution in [1.82, 2.24) is 19.9 Å². The van der Waals surface area contributed by atoms with Gasteiger partial charge in [-0.05, 0) is 39.1 Å². The van der Waals surface area contributed by atoms with Gasteiger partial charge in [-0.1, -0.05) is 0 Å². The number of ether oxygens (including phenoxy) is 1. The molecule has 2 atom stereocenters. The van der Waals surface area contributed by atoms with Crippen molar-refractivity contribution in [2.45, 2.75) is 32.2 Å². The summed E-state index contributed by atoms with van der Waals surface area (Å²) in [5.74, 6) is -1.34. The molecule has 0 unspecified atom stereocenters. The van der Waals surface area contributed by atoms with Crippen LogP contribution in [0.3, 0.4) is 0 Å². The molecule has 0 bridgehead atoms. The van der Waals surface area contributed by atoms with Crippen LogP contribution in [0.1, 0.15) is 29.8 Å². The van der Waals surface area contributed by atoms with Crippen molar-refractivity contribution in [2.75, 3.05) is 61.5 Å². The normalized spacial score (nSPS) is 20.1. The molecule has 42 heavy (non-hydrogen) atoms. The van der Waals surface area contributed by atoms with Crippen molar-refractivity contribution < 1.29 is 27.1 Å². The molecule has 2 saturated heterocycles. The van der Waals surface area contributed by atoms with Crippen LogP contribution < -0.4 is 20.7 Å². The molecular weight excluding hydrogens is 558 g/mol. The van der Waals surface area contributed by atoms with Gasteiger partial charge >= 0.3 is 6.18 Å². The second-order valence-electron chi connectivity index (χ2n) is 10.6. The van der Waals surface area contributed by atoms with Gasteiger partial charge in [-0.3, -0.25) is 9.59 Å². The third kappa shape index (κ3) is 6.23. The number of carbonyl (C=O) groups excluding carboxylic acids is 1. The fraction of sp³-hybridized carbons (Fsp3) is 0.429. The highest BCUT2D eigenvalue weighted by Gasteiger charge is 2.36. The molecule has 5 rings (SSSR count). The number of likely N-dealkylation sites (N-methyl/N-ethyl adjacent to an activating group) is 1. The lowest BCUT2D eigenvalue weighted by atomic mass is 10.1. The van der Waals surface area contributed by atoms with E-state index in [1.807, 2.05) is 30.7 Å². The van der Waals surface area contributed by atoms with Crippen molar-refractivity contribution in [3.05, 3.63) is 64.0 Å². The Balaban J connectivity index is 1.56. The van der Waals surface area contributed by atoms with E-state index in [2.05, 4.69) is 25.2 Å². The average molecular weight is 590 g/mol. The molecule has 10 nitrogen and oxygen atoms in total. The quantitative estimate of drug-likeness (QED) is 0.435. The van der Waals surface area contributed by atoms with Crippen molar-refractivity contribution >= 4 is 23.2 Å². The maximum absolute atomic E-state index is 15.8. The van der Waals surface area contributed by atoms with Gasteiger partial charge in [0.05, 0.1) is 40.9 Å². The second-order valence-corrected chi connectivity index (χ2v) is 10.6. The van der Waals surface area contributed by atoms with Crippen LogP contribution in [-0.4, -0.2) is 84.3 Å². The number of hydrogen-bond donors (Lipinski definition) is 2. The molecule has 1 amide bonds. The van der Waals surface area contributed by atoms with Crippen LogP contribution in [0.5, 0.6) is 0 Å². The number of morpholine rings is 1. The number of amides is 1. The number of hydrogen-bond acceptors (Lipinski definition) is 8. The Kier molecular flexibility index (Phi) is 8.19. The number of halogens is 4. The molecule has 0 radical (unpaired) electrons. The Bertz CT molecular complexity index is 1530. The van der Waals surface area contributed by atoms with Gasteiger partial charge in [0.15, 0.2) is 0 Å². The number of aromatic amines is 1. The Hall–Kier alpha value is -4.04. The first-order chi connectivity index (χ1) is 19.9. The minimum absolute atomic E-state index is 0.0377. The Morgan fingerprint density at radius 2 is 1.90 bits per heavy atom. The molecule has 1 aromatic carbocycles. The third-order valence-corrected chi connectivity index (χ3v) is 7.55. The zero-order valence-electron chi connectivity index (χ0n) is 23.3. The number of alkyl halides is 3. The van der Waals surface area contributed by atoms with E-state index in [0.717, 1.165) is 6.20 Å². The predicted octanol–water partition coefficient (Wildman–Crippen LogP) is 3.61. The molecule has 2 fully saturated rings. The molecule has 2 N–H and O–H groups in total. The number of aromatic nitrogens is 3. The van der Waals surface area contributed by atoms with Crippen molar-refractivity contribution in [2.24, 2.45) is 0 Å². The molecule has 224 valence electrons. The van der Waals surface area contributed by atoms with Crippen molar-refractivity contribution in [3.8, 4) is 11.3 Å². The fourth-order valence-electron chi connectivity index (χ4n) is 5.12. The zero-order valence-corrected chi connectivity index (χ0v) is 23.3. The summed E-state index contributed by atoms with van der Waals surface area (Å²) < 4.78 is 62.5. The van der Waals surface area contributed by atoms with Crippen LogP contribution >= 0.6 is 0 Å². The number of H-pyrrole nitrogens is 1. The van der Waals surface area contributed by atoms with Crippen LogP contribution in [0.15, 0.2) is 41.5 Å². The first kappa shape index (κ1) is 29.5. The van der Waals surface area contributed by atoms with Crippen molar-refractivity contribution in [3.63, 3.8) is 0 Å². The summed E-state index contributed by atoms with van der Waals surface area (Å²) in [6.07, 6.45) is -2.76. The molecular formula is C28H31F4N7O3. The summed E-state index contributed by atoms with van der Waals surface area (Å²) in [4.78, 5) is 41.8. The van der Waals surface area contributed by atoms with Crippen LogP contribution in [0.25, 0.3) is 11.3 Å². The van der Waals surface area contributed by atoms with Gasteiger partial charge in [-0.2, -0.15) is 13.2 Å². The molecule has 0 spiro atoms. The van der Waals surface area contributed by atoms with E-state index in [1.165, 1.54) is 24.4 Å². The first-order valence-electron chi connectivity index (χ1n) is 13.5. The number of rotatable bonds is 5. The molecule has 14 heteroatoms. The van der Waals surface area contributed by atoms with E-state index in [0.29, 0.717) is 57.0 Å². The standard InChI is InChI=1S/C28H31F4N7O3/c1-16-14-38(7-6-37(16)3)24-12-21(29)18(22-4-5-33-27(36-22)39-8-9-42-17(2)15-39)10-23(24)35-26(41)19-13-34-25(40)11-20(19)28(30,31)32/h4-5,10-13,16-17H,6-9,14-15H2,1-3H3,(H,34,40)(H,35,41)/t16-,17-/m1/s1. The number of carbonyl (C=O) groups is 1. The minimum Gasteiger partial charge on any atom is -0.375 e. The molecule has 2 aromatic heterocycles. The lowest BCUT2D eigenvalue weighted by Crippen LogP contribution is -2.50. The Morgan fingerprint density at radius 1 is 1.12 bits per heavy atom. The Labute approximate surface area is 239 Å². The maximum Gasteiger partial charge on any atom is 0.417 e. The number of nitrogens with zero attached hydrogens (tertiary/aromatic N) is 5. The van der Waals surface area contributed by atoms with E-state index in [9.17, 15) is 22.8 Å². The van der Waals surface area contributed by atoms with Gasteiger partial charge in [-0.15, -0.1) is 0 Å². The van der Waals surface area contributed by atoms with E-state index in [-0.39, 0.29) is 29.1 Å². The number of nitrogens with one attached hydrogen (secondary N) is 2. The smallest absolute Gasteiger partial charge is 0.375 e. The zero-order chi connectivity index (χ0) is 30.2. The van der Waals surface area contributed by atoms with Gasteiger partial charge in [0.1, 0.15) is 5.82 Å². The largest absolute Gasteiger partial charge is 0.417 e. The maximum atomic E-state index is 15.8. The van der Waals surface area contributed by atoms with E-state index in [1.54, 1.807) is 0 Å².